The van der Waals surface area contributed by atoms with E-state index in [1.807, 2.05) is 32.9 Å². The van der Waals surface area contributed by atoms with E-state index in [0.717, 1.165) is 37.1 Å². The van der Waals surface area contributed by atoms with Crippen molar-refractivity contribution >= 4 is 11.8 Å². The highest BCUT2D eigenvalue weighted by atomic mass is 16.5. The number of pyridine rings is 1. The molecular formula is C29H49N5O4. The number of rotatable bonds is 3. The molecule has 3 rings (SSSR count). The fourth-order valence-corrected chi connectivity index (χ4v) is 5.54. The average molecular weight is 532 g/mol. The molecule has 38 heavy (non-hydrogen) atoms. The number of amides is 2. The van der Waals surface area contributed by atoms with Crippen LogP contribution >= 0.6 is 0 Å². The Hall–Kier alpha value is -2.23. The van der Waals surface area contributed by atoms with Crippen molar-refractivity contribution in [3.8, 4) is 5.75 Å². The van der Waals surface area contributed by atoms with Crippen molar-refractivity contribution in [2.24, 2.45) is 11.8 Å². The first-order valence-corrected chi connectivity index (χ1v) is 14.5. The van der Waals surface area contributed by atoms with Crippen molar-refractivity contribution in [3.63, 3.8) is 0 Å². The third-order valence-electron chi connectivity index (χ3n) is 7.93. The number of nitrogens with one attached hydrogen (secondary N) is 3. The first-order valence-electron chi connectivity index (χ1n) is 14.5. The topological polar surface area (TPSA) is 116 Å². The summed E-state index contributed by atoms with van der Waals surface area (Å²) in [5.74, 6) is 0.849. The molecule has 1 aromatic rings. The van der Waals surface area contributed by atoms with Crippen LogP contribution in [0.4, 0.5) is 0 Å². The molecule has 4 N–H and O–H groups in total. The molecular weight excluding hydrogens is 482 g/mol. The molecule has 2 aliphatic rings. The summed E-state index contributed by atoms with van der Waals surface area (Å²) >= 11 is 0. The fraction of sp³-hybridized carbons (Fsp3) is 0.759. The third kappa shape index (κ3) is 8.64. The number of fused-ring (bicyclic) bond motifs is 1. The number of hydrogen-bond donors (Lipinski definition) is 4. The Bertz CT molecular complexity index is 891. The van der Waals surface area contributed by atoms with E-state index in [1.165, 1.54) is 6.42 Å². The van der Waals surface area contributed by atoms with Crippen molar-refractivity contribution in [1.29, 1.82) is 0 Å². The van der Waals surface area contributed by atoms with Crippen LogP contribution in [-0.2, 0) is 16.0 Å². The van der Waals surface area contributed by atoms with E-state index in [1.54, 1.807) is 25.1 Å². The van der Waals surface area contributed by atoms with Crippen molar-refractivity contribution in [3.05, 3.63) is 24.0 Å². The highest BCUT2D eigenvalue weighted by molar-refractivity contribution is 5.89. The number of ether oxygens (including phenoxy) is 1. The molecule has 1 aliphatic heterocycles. The number of aliphatic hydroxyl groups is 1. The molecule has 9 nitrogen and oxygen atoms in total. The predicted molar refractivity (Wildman–Crippen MR) is 149 cm³/mol. The van der Waals surface area contributed by atoms with Crippen molar-refractivity contribution in [2.75, 3.05) is 20.1 Å². The summed E-state index contributed by atoms with van der Waals surface area (Å²) in [5, 5.41) is 21.1. The van der Waals surface area contributed by atoms with E-state index in [9.17, 15) is 14.7 Å². The zero-order valence-electron chi connectivity index (χ0n) is 23.9. The summed E-state index contributed by atoms with van der Waals surface area (Å²) in [4.78, 5) is 32.6. The van der Waals surface area contributed by atoms with Gasteiger partial charge in [0.15, 0.2) is 0 Å². The van der Waals surface area contributed by atoms with Gasteiger partial charge in [0.2, 0.25) is 11.8 Å². The number of aromatic nitrogens is 1. The van der Waals surface area contributed by atoms with Crippen LogP contribution in [-0.4, -0.2) is 77.4 Å². The van der Waals surface area contributed by atoms with Crippen molar-refractivity contribution in [2.45, 2.75) is 110 Å². The Labute approximate surface area is 228 Å². The Morgan fingerprint density at radius 2 is 1.87 bits per heavy atom. The predicted octanol–water partition coefficient (Wildman–Crippen LogP) is 2.62. The maximum absolute atomic E-state index is 13.3. The van der Waals surface area contributed by atoms with Gasteiger partial charge in [0.25, 0.3) is 0 Å². The van der Waals surface area contributed by atoms with E-state index < -0.39 is 18.3 Å². The Kier molecular flexibility index (Phi) is 11.8. The van der Waals surface area contributed by atoms with Crippen LogP contribution in [0.15, 0.2) is 18.3 Å². The minimum Gasteiger partial charge on any atom is -0.487 e. The van der Waals surface area contributed by atoms with Gasteiger partial charge in [0.1, 0.15) is 24.1 Å². The number of carbonyl (C=O) groups excluding carboxylic acids is 2. The van der Waals surface area contributed by atoms with Gasteiger partial charge in [-0.25, -0.2) is 0 Å². The minimum atomic E-state index is -0.865. The zero-order valence-corrected chi connectivity index (χ0v) is 23.9. The fourth-order valence-electron chi connectivity index (χ4n) is 5.54. The van der Waals surface area contributed by atoms with Crippen LogP contribution in [0.25, 0.3) is 0 Å². The van der Waals surface area contributed by atoms with Crippen LogP contribution in [0.3, 0.4) is 0 Å². The monoisotopic (exact) mass is 531 g/mol. The lowest BCUT2D eigenvalue weighted by Gasteiger charge is -2.40. The molecule has 0 aromatic carbocycles. The molecule has 0 spiro atoms. The summed E-state index contributed by atoms with van der Waals surface area (Å²) in [6, 6.07) is 2.37. The second-order valence-electron chi connectivity index (χ2n) is 11.5. The summed E-state index contributed by atoms with van der Waals surface area (Å²) in [7, 11) is 1.78. The SMILES string of the molecule is CC(C)C[C@H]1NC(=O)[C@@H](C)N(C)C(O)[C@H](C2CCCCC2)NC[C@@H](C)Oc2cccnc2CCCNC1=O. The van der Waals surface area contributed by atoms with Crippen LogP contribution in [0.1, 0.15) is 78.3 Å². The number of aliphatic hydroxyl groups excluding tert-OH is 1. The largest absolute Gasteiger partial charge is 0.487 e. The second kappa shape index (κ2) is 14.8. The van der Waals surface area contributed by atoms with E-state index in [-0.39, 0.29) is 29.9 Å². The number of hydrogen-bond acceptors (Lipinski definition) is 7. The van der Waals surface area contributed by atoms with E-state index >= 15 is 0 Å². The quantitative estimate of drug-likeness (QED) is 0.474. The summed E-state index contributed by atoms with van der Waals surface area (Å²) < 4.78 is 6.29. The first kappa shape index (κ1) is 30.3. The van der Waals surface area contributed by atoms with Crippen molar-refractivity contribution < 1.29 is 19.4 Å². The summed E-state index contributed by atoms with van der Waals surface area (Å²) in [6.07, 6.45) is 8.27. The van der Waals surface area contributed by atoms with Gasteiger partial charge in [-0.05, 0) is 77.0 Å². The highest BCUT2D eigenvalue weighted by Gasteiger charge is 2.36. The van der Waals surface area contributed by atoms with E-state index in [4.69, 9.17) is 4.74 Å². The molecule has 2 heterocycles. The molecule has 5 atom stereocenters. The molecule has 214 valence electrons. The molecule has 1 fully saturated rings. The van der Waals surface area contributed by atoms with E-state index in [0.29, 0.717) is 38.3 Å². The Morgan fingerprint density at radius 3 is 2.58 bits per heavy atom. The number of likely N-dealkylation sites (N-methyl/N-ethyl adjacent to an activating group) is 1. The van der Waals surface area contributed by atoms with Gasteiger partial charge in [-0.3, -0.25) is 19.5 Å². The molecule has 0 saturated heterocycles. The van der Waals surface area contributed by atoms with Gasteiger partial charge in [0.05, 0.1) is 11.7 Å². The normalized spacial score (nSPS) is 29.9. The highest BCUT2D eigenvalue weighted by Crippen LogP contribution is 2.29. The summed E-state index contributed by atoms with van der Waals surface area (Å²) in [6.45, 7) is 8.92. The Balaban J connectivity index is 1.86. The molecule has 0 radical (unpaired) electrons. The van der Waals surface area contributed by atoms with Crippen LogP contribution < -0.4 is 20.7 Å². The van der Waals surface area contributed by atoms with E-state index in [2.05, 4.69) is 20.9 Å². The molecule has 1 unspecified atom stereocenters. The molecule has 0 bridgehead atoms. The molecule has 9 heteroatoms. The first-order chi connectivity index (χ1) is 18.2. The molecule has 1 aliphatic carbocycles. The van der Waals surface area contributed by atoms with Crippen molar-refractivity contribution in [1.82, 2.24) is 25.8 Å². The third-order valence-corrected chi connectivity index (χ3v) is 7.93. The van der Waals surface area contributed by atoms with Gasteiger partial charge in [-0.15, -0.1) is 0 Å². The van der Waals surface area contributed by atoms with Gasteiger partial charge in [-0.1, -0.05) is 33.1 Å². The van der Waals surface area contributed by atoms with Gasteiger partial charge < -0.3 is 25.8 Å². The minimum absolute atomic E-state index is 0.141. The lowest BCUT2D eigenvalue weighted by molar-refractivity contribution is -0.135. The number of carbonyl (C=O) groups is 2. The standard InChI is InChI=1S/C29H49N5O4/c1-19(2)17-24-28(36)31-16-9-13-23-25(14-10-15-30-23)38-20(3)18-32-26(22-11-7-6-8-12-22)29(37)34(5)21(4)27(35)33-24/h10,14-15,19-22,24,26,29,32,37H,6-9,11-13,16-18H2,1-5H3,(H,31,36)(H,33,35)/t20-,21-,24-,26+,29?/m1/s1. The molecule has 1 saturated carbocycles. The maximum Gasteiger partial charge on any atom is 0.242 e. The van der Waals surface area contributed by atoms with Gasteiger partial charge in [0, 0.05) is 25.3 Å². The second-order valence-corrected chi connectivity index (χ2v) is 11.5. The maximum atomic E-state index is 13.3. The molecule has 2 amide bonds. The van der Waals surface area contributed by atoms with Gasteiger partial charge in [-0.2, -0.15) is 0 Å². The smallest absolute Gasteiger partial charge is 0.242 e. The Morgan fingerprint density at radius 1 is 1.13 bits per heavy atom. The lowest BCUT2D eigenvalue weighted by atomic mass is 9.82. The van der Waals surface area contributed by atoms with Gasteiger partial charge >= 0.3 is 0 Å². The number of nitrogens with zero attached hydrogens (tertiary/aromatic N) is 2. The zero-order chi connectivity index (χ0) is 27.7. The summed E-state index contributed by atoms with van der Waals surface area (Å²) in [5.41, 5.74) is 0.860. The average Bonchev–Trinajstić information content (AvgIpc) is 2.90. The number of aryl methyl sites for hydroxylation is 1. The van der Waals surface area contributed by atoms with Crippen LogP contribution in [0.5, 0.6) is 5.75 Å². The van der Waals surface area contributed by atoms with Crippen LogP contribution in [0, 0.1) is 11.8 Å². The van der Waals surface area contributed by atoms with Crippen LogP contribution in [0.2, 0.25) is 0 Å². The molecule has 1 aromatic heterocycles. The lowest BCUT2D eigenvalue weighted by Crippen LogP contribution is -2.60.